The molecule has 0 bridgehead atoms. The second-order valence-electron chi connectivity index (χ2n) is 4.06. The quantitative estimate of drug-likeness (QED) is 0.499. The lowest BCUT2D eigenvalue weighted by Crippen LogP contribution is -2.49. The Morgan fingerprint density at radius 3 is 2.95 bits per heavy atom. The molecule has 2 heterocycles. The zero-order valence-electron chi connectivity index (χ0n) is 11.2. The minimum Gasteiger partial charge on any atom is -0.509 e. The molecule has 0 aliphatic carbocycles. The molecule has 0 atom stereocenters. The number of carbonyl (C=O) groups excluding carboxylic acids is 1. The van der Waals surface area contributed by atoms with Crippen molar-refractivity contribution in [3.8, 4) is 0 Å². The van der Waals surface area contributed by atoms with Gasteiger partial charge in [0.2, 0.25) is 0 Å². The Labute approximate surface area is 126 Å². The Hall–Kier alpha value is -2.66. The maximum absolute atomic E-state index is 11.7. The first-order chi connectivity index (χ1) is 10.1. The molecule has 2 N–H and O–H groups in total. The van der Waals surface area contributed by atoms with Crippen LogP contribution < -0.4 is 10.4 Å². The topological polar surface area (TPSA) is 79.1 Å². The molecule has 0 aromatic carbocycles. The summed E-state index contributed by atoms with van der Waals surface area (Å²) in [7, 11) is 0. The summed E-state index contributed by atoms with van der Waals surface area (Å²) < 4.78 is 4.85. The van der Waals surface area contributed by atoms with E-state index in [1.807, 2.05) is 0 Å². The van der Waals surface area contributed by atoms with E-state index in [4.69, 9.17) is 23.5 Å². The number of esters is 1. The first kappa shape index (κ1) is 14.7. The van der Waals surface area contributed by atoms with E-state index in [0.717, 1.165) is 0 Å². The number of aliphatic hydroxyl groups is 1. The number of nitrogens with one attached hydrogen (secondary N) is 1. The standard InChI is InChI=1S/C13H12N4O3S/c1-3-20-13(19)11-9(18)7-17(16-12(11)21)8-4-5-10(14-2)15-6-8/h4-6,18H,3,7H2,1H3,(H,16,21). The van der Waals surface area contributed by atoms with E-state index in [2.05, 4.69) is 15.3 Å². The zero-order valence-corrected chi connectivity index (χ0v) is 12.0. The van der Waals surface area contributed by atoms with Crippen molar-refractivity contribution in [2.24, 2.45) is 0 Å². The molecule has 1 aromatic rings. The number of hydrogen-bond acceptors (Lipinski definition) is 6. The van der Waals surface area contributed by atoms with Gasteiger partial charge < -0.3 is 14.7 Å². The number of nitrogens with zero attached hydrogens (tertiary/aromatic N) is 3. The number of pyridine rings is 1. The third kappa shape index (κ3) is 3.09. The fourth-order valence-electron chi connectivity index (χ4n) is 1.75. The van der Waals surface area contributed by atoms with Gasteiger partial charge in [0.05, 0.1) is 18.8 Å². The monoisotopic (exact) mass is 304 g/mol. The SMILES string of the molecule is [C-]#[N+]c1ccc(N2CC(O)=C(C(=O)OCC)C(=S)N2)cn1. The minimum atomic E-state index is -0.659. The molecule has 0 unspecified atom stereocenters. The number of hydrogen-bond donors (Lipinski definition) is 2. The summed E-state index contributed by atoms with van der Waals surface area (Å²) in [6.45, 7) is 8.76. The van der Waals surface area contributed by atoms with Crippen LogP contribution in [0.4, 0.5) is 11.5 Å². The molecule has 2 rings (SSSR count). The fourth-order valence-corrected chi connectivity index (χ4v) is 2.06. The van der Waals surface area contributed by atoms with E-state index in [-0.39, 0.29) is 35.3 Å². The van der Waals surface area contributed by atoms with Crippen LogP contribution in [-0.4, -0.2) is 34.2 Å². The van der Waals surface area contributed by atoms with Crippen molar-refractivity contribution < 1.29 is 14.6 Å². The van der Waals surface area contributed by atoms with Crippen molar-refractivity contribution in [2.75, 3.05) is 18.2 Å². The summed E-state index contributed by atoms with van der Waals surface area (Å²) in [6.07, 6.45) is 1.48. The van der Waals surface area contributed by atoms with E-state index in [1.165, 1.54) is 11.2 Å². The largest absolute Gasteiger partial charge is 0.509 e. The highest BCUT2D eigenvalue weighted by molar-refractivity contribution is 7.80. The molecular weight excluding hydrogens is 292 g/mol. The Bertz CT molecular complexity index is 648. The van der Waals surface area contributed by atoms with E-state index in [1.54, 1.807) is 19.1 Å². The summed E-state index contributed by atoms with van der Waals surface area (Å²) in [4.78, 5) is 18.9. The van der Waals surface area contributed by atoms with Gasteiger partial charge in [0.15, 0.2) is 0 Å². The van der Waals surface area contributed by atoms with Gasteiger partial charge in [-0.05, 0) is 19.1 Å². The average Bonchev–Trinajstić information content (AvgIpc) is 2.47. The lowest BCUT2D eigenvalue weighted by molar-refractivity contribution is -0.138. The van der Waals surface area contributed by atoms with Gasteiger partial charge in [0.1, 0.15) is 22.5 Å². The molecule has 0 spiro atoms. The molecule has 1 aromatic heterocycles. The molecule has 1 aliphatic rings. The molecule has 0 radical (unpaired) electrons. The number of thiocarbonyl (C=S) groups is 1. The summed E-state index contributed by atoms with van der Waals surface area (Å²) in [5.74, 6) is -0.564. The second-order valence-corrected chi connectivity index (χ2v) is 4.46. The highest BCUT2D eigenvalue weighted by Gasteiger charge is 2.29. The van der Waals surface area contributed by atoms with Gasteiger partial charge in [-0.2, -0.15) is 0 Å². The van der Waals surface area contributed by atoms with Gasteiger partial charge in [-0.1, -0.05) is 18.8 Å². The zero-order chi connectivity index (χ0) is 15.4. The fraction of sp³-hybridized carbons (Fsp3) is 0.231. The Balaban J connectivity index is 2.23. The molecule has 8 heteroatoms. The minimum absolute atomic E-state index is 0.0335. The third-order valence-corrected chi connectivity index (χ3v) is 2.99. The van der Waals surface area contributed by atoms with Crippen LogP contribution in [0.25, 0.3) is 4.85 Å². The van der Waals surface area contributed by atoms with Gasteiger partial charge in [-0.25, -0.2) is 4.79 Å². The average molecular weight is 304 g/mol. The second kappa shape index (κ2) is 6.19. The van der Waals surface area contributed by atoms with E-state index in [0.29, 0.717) is 5.69 Å². The Kier molecular flexibility index (Phi) is 4.35. The number of ether oxygens (including phenoxy) is 1. The van der Waals surface area contributed by atoms with Gasteiger partial charge in [-0.15, -0.1) is 4.98 Å². The molecule has 0 fully saturated rings. The number of rotatable bonds is 3. The molecule has 108 valence electrons. The summed E-state index contributed by atoms with van der Waals surface area (Å²) in [5, 5.41) is 11.5. The molecule has 7 nitrogen and oxygen atoms in total. The lowest BCUT2D eigenvalue weighted by Gasteiger charge is -2.30. The van der Waals surface area contributed by atoms with Crippen molar-refractivity contribution >= 4 is 34.7 Å². The van der Waals surface area contributed by atoms with E-state index < -0.39 is 5.97 Å². The summed E-state index contributed by atoms with van der Waals surface area (Å²) in [6, 6.07) is 3.22. The normalized spacial score (nSPS) is 14.5. The number of aliphatic hydroxyl groups excluding tert-OH is 1. The van der Waals surface area contributed by atoms with Crippen LogP contribution in [0.15, 0.2) is 29.7 Å². The maximum Gasteiger partial charge on any atom is 0.344 e. The molecular formula is C13H12N4O3S. The summed E-state index contributed by atoms with van der Waals surface area (Å²) in [5.41, 5.74) is 3.40. The van der Waals surface area contributed by atoms with Crippen molar-refractivity contribution in [1.82, 2.24) is 10.4 Å². The van der Waals surface area contributed by atoms with Crippen LogP contribution in [-0.2, 0) is 9.53 Å². The van der Waals surface area contributed by atoms with Crippen molar-refractivity contribution in [3.05, 3.63) is 41.1 Å². The predicted molar refractivity (Wildman–Crippen MR) is 79.9 cm³/mol. The van der Waals surface area contributed by atoms with Gasteiger partial charge >= 0.3 is 5.97 Å². The van der Waals surface area contributed by atoms with Crippen LogP contribution in [0, 0.1) is 6.57 Å². The van der Waals surface area contributed by atoms with Crippen LogP contribution in [0.3, 0.4) is 0 Å². The molecule has 0 saturated heterocycles. The highest BCUT2D eigenvalue weighted by Crippen LogP contribution is 2.20. The van der Waals surface area contributed by atoms with Crippen molar-refractivity contribution in [1.29, 1.82) is 0 Å². The van der Waals surface area contributed by atoms with Gasteiger partial charge in [-0.3, -0.25) is 10.4 Å². The smallest absolute Gasteiger partial charge is 0.344 e. The third-order valence-electron chi connectivity index (χ3n) is 2.70. The maximum atomic E-state index is 11.7. The van der Waals surface area contributed by atoms with Crippen molar-refractivity contribution in [2.45, 2.75) is 6.92 Å². The van der Waals surface area contributed by atoms with Crippen molar-refractivity contribution in [3.63, 3.8) is 0 Å². The molecule has 0 amide bonds. The van der Waals surface area contributed by atoms with Crippen LogP contribution in [0.5, 0.6) is 0 Å². The number of anilines is 1. The van der Waals surface area contributed by atoms with E-state index >= 15 is 0 Å². The number of carbonyl (C=O) groups is 1. The van der Waals surface area contributed by atoms with Gasteiger partial charge in [0.25, 0.3) is 5.82 Å². The summed E-state index contributed by atoms with van der Waals surface area (Å²) >= 11 is 5.08. The van der Waals surface area contributed by atoms with E-state index in [9.17, 15) is 9.90 Å². The van der Waals surface area contributed by atoms with Crippen LogP contribution in [0.2, 0.25) is 0 Å². The Morgan fingerprint density at radius 2 is 2.43 bits per heavy atom. The molecule has 21 heavy (non-hydrogen) atoms. The molecule has 0 saturated carbocycles. The predicted octanol–water partition coefficient (Wildman–Crippen LogP) is 1.66. The first-order valence-electron chi connectivity index (χ1n) is 6.08. The highest BCUT2D eigenvalue weighted by atomic mass is 32.1. The van der Waals surface area contributed by atoms with Crippen LogP contribution in [0.1, 0.15) is 6.92 Å². The number of aromatic nitrogens is 1. The Morgan fingerprint density at radius 1 is 1.67 bits per heavy atom. The van der Waals surface area contributed by atoms with Gasteiger partial charge in [0, 0.05) is 0 Å². The van der Waals surface area contributed by atoms with Crippen LogP contribution >= 0.6 is 12.2 Å². The first-order valence-corrected chi connectivity index (χ1v) is 6.49. The molecule has 1 aliphatic heterocycles. The lowest BCUT2D eigenvalue weighted by atomic mass is 10.2. The number of hydrazine groups is 1.